The molecule has 0 aliphatic rings. The van der Waals surface area contributed by atoms with Gasteiger partial charge in [0.15, 0.2) is 0 Å². The zero-order valence-electron chi connectivity index (χ0n) is 9.40. The van der Waals surface area contributed by atoms with E-state index < -0.39 is 0 Å². The summed E-state index contributed by atoms with van der Waals surface area (Å²) in [5.41, 5.74) is 8.36. The van der Waals surface area contributed by atoms with Crippen LogP contribution in [-0.4, -0.2) is 5.71 Å². The summed E-state index contributed by atoms with van der Waals surface area (Å²) in [6.07, 6.45) is 0. The van der Waals surface area contributed by atoms with Crippen LogP contribution in [0.25, 0.3) is 0 Å². The lowest BCUT2D eigenvalue weighted by Crippen LogP contribution is -2.10. The minimum absolute atomic E-state index is 0.514. The summed E-state index contributed by atoms with van der Waals surface area (Å²) in [5.74, 6) is 5.46. The smallest absolute Gasteiger partial charge is 0.101 e. The maximum Gasteiger partial charge on any atom is 0.101 e. The summed E-state index contributed by atoms with van der Waals surface area (Å²) in [4.78, 5) is 0. The average molecular weight is 280 g/mol. The van der Waals surface area contributed by atoms with Crippen LogP contribution < -0.4 is 11.6 Å². The fourth-order valence-corrected chi connectivity index (χ4v) is 2.07. The minimum Gasteiger partial charge on any atom is -0.398 e. The van der Waals surface area contributed by atoms with Crippen LogP contribution in [0.4, 0.5) is 5.69 Å². The third-order valence-corrected chi connectivity index (χ3v) is 3.09. The van der Waals surface area contributed by atoms with E-state index in [1.807, 2.05) is 18.2 Å². The number of nitrogen functional groups attached to an aromatic ring is 1. The molecular formula is C13H11Cl2N3. The number of hydrazone groups is 1. The Hall–Kier alpha value is -1.71. The van der Waals surface area contributed by atoms with Crippen LogP contribution in [0.15, 0.2) is 47.6 Å². The number of nitrogens with two attached hydrogens (primary N) is 2. The Labute approximate surface area is 115 Å². The lowest BCUT2D eigenvalue weighted by Gasteiger charge is -2.10. The van der Waals surface area contributed by atoms with E-state index in [0.717, 1.165) is 5.56 Å². The van der Waals surface area contributed by atoms with Crippen molar-refractivity contribution in [2.45, 2.75) is 0 Å². The van der Waals surface area contributed by atoms with Crippen molar-refractivity contribution in [3.8, 4) is 0 Å². The fourth-order valence-electron chi connectivity index (χ4n) is 1.67. The molecule has 2 aromatic carbocycles. The minimum atomic E-state index is 0.514. The molecule has 0 spiro atoms. The molecule has 0 amide bonds. The van der Waals surface area contributed by atoms with Gasteiger partial charge in [-0.05, 0) is 24.3 Å². The van der Waals surface area contributed by atoms with Crippen LogP contribution in [0.1, 0.15) is 11.1 Å². The number of halogens is 2. The molecule has 0 aliphatic carbocycles. The van der Waals surface area contributed by atoms with Gasteiger partial charge in [-0.15, -0.1) is 0 Å². The predicted molar refractivity (Wildman–Crippen MR) is 77.1 cm³/mol. The van der Waals surface area contributed by atoms with Gasteiger partial charge in [0.25, 0.3) is 0 Å². The number of nitrogens with zero attached hydrogens (tertiary/aromatic N) is 1. The highest BCUT2D eigenvalue weighted by Crippen LogP contribution is 2.25. The Balaban J connectivity index is 2.60. The van der Waals surface area contributed by atoms with Crippen molar-refractivity contribution in [3.63, 3.8) is 0 Å². The first kappa shape index (κ1) is 12.7. The van der Waals surface area contributed by atoms with Gasteiger partial charge in [-0.3, -0.25) is 0 Å². The molecule has 4 N–H and O–H groups in total. The lowest BCUT2D eigenvalue weighted by atomic mass is 10.0. The third kappa shape index (κ3) is 2.42. The number of rotatable bonds is 2. The number of hydrogen-bond donors (Lipinski definition) is 2. The molecule has 2 rings (SSSR count). The Bertz CT molecular complexity index is 609. The van der Waals surface area contributed by atoms with Crippen LogP contribution >= 0.6 is 23.2 Å². The topological polar surface area (TPSA) is 64.4 Å². The van der Waals surface area contributed by atoms with Gasteiger partial charge in [0.1, 0.15) is 5.71 Å². The Kier molecular flexibility index (Phi) is 3.75. The summed E-state index contributed by atoms with van der Waals surface area (Å²) < 4.78 is 0. The van der Waals surface area contributed by atoms with E-state index in [9.17, 15) is 0 Å². The molecule has 0 aliphatic heterocycles. The molecule has 0 aromatic heterocycles. The first-order valence-corrected chi connectivity index (χ1v) is 5.97. The highest BCUT2D eigenvalue weighted by atomic mass is 35.5. The van der Waals surface area contributed by atoms with Gasteiger partial charge < -0.3 is 11.6 Å². The maximum atomic E-state index is 6.13. The molecule has 0 saturated carbocycles. The molecule has 0 radical (unpaired) electrons. The third-order valence-electron chi connectivity index (χ3n) is 2.53. The van der Waals surface area contributed by atoms with Gasteiger partial charge >= 0.3 is 0 Å². The van der Waals surface area contributed by atoms with E-state index in [4.69, 9.17) is 34.8 Å². The van der Waals surface area contributed by atoms with E-state index in [2.05, 4.69) is 5.10 Å². The van der Waals surface area contributed by atoms with Gasteiger partial charge in [0.05, 0.1) is 5.02 Å². The first-order valence-electron chi connectivity index (χ1n) is 5.21. The van der Waals surface area contributed by atoms with Gasteiger partial charge in [-0.25, -0.2) is 0 Å². The summed E-state index contributed by atoms with van der Waals surface area (Å²) in [5, 5.41) is 4.90. The van der Waals surface area contributed by atoms with Crippen LogP contribution in [0, 0.1) is 0 Å². The number of benzene rings is 2. The van der Waals surface area contributed by atoms with Gasteiger partial charge in [0.2, 0.25) is 0 Å². The molecule has 0 saturated heterocycles. The second-order valence-corrected chi connectivity index (χ2v) is 4.53. The molecule has 0 atom stereocenters. The Morgan fingerprint density at radius 3 is 2.39 bits per heavy atom. The largest absolute Gasteiger partial charge is 0.398 e. The second-order valence-electron chi connectivity index (χ2n) is 3.69. The SMILES string of the molecule is N/N=C(\c1cc(Cl)ccc1N)c1ccccc1Cl. The summed E-state index contributed by atoms with van der Waals surface area (Å²) >= 11 is 12.1. The molecular weight excluding hydrogens is 269 g/mol. The molecule has 0 unspecified atom stereocenters. The van der Waals surface area contributed by atoms with Crippen molar-refractivity contribution in [3.05, 3.63) is 63.6 Å². The standard InChI is InChI=1S/C13H11Cl2N3/c14-8-5-6-12(16)10(7-8)13(18-17)9-3-1-2-4-11(9)15/h1-7H,16-17H2/b18-13-. The molecule has 2 aromatic rings. The highest BCUT2D eigenvalue weighted by molar-refractivity contribution is 6.36. The molecule has 3 nitrogen and oxygen atoms in total. The summed E-state index contributed by atoms with van der Waals surface area (Å²) in [7, 11) is 0. The Morgan fingerprint density at radius 2 is 1.72 bits per heavy atom. The van der Waals surface area contributed by atoms with Gasteiger partial charge in [0, 0.05) is 21.8 Å². The molecule has 0 bridgehead atoms. The van der Waals surface area contributed by atoms with Crippen LogP contribution in [0.3, 0.4) is 0 Å². The quantitative estimate of drug-likeness (QED) is 0.384. The lowest BCUT2D eigenvalue weighted by molar-refractivity contribution is 1.24. The van der Waals surface area contributed by atoms with Crippen molar-refractivity contribution in [2.24, 2.45) is 10.9 Å². The highest BCUT2D eigenvalue weighted by Gasteiger charge is 2.13. The number of hydrogen-bond acceptors (Lipinski definition) is 3. The Morgan fingerprint density at radius 1 is 1.00 bits per heavy atom. The van der Waals surface area contributed by atoms with E-state index in [0.29, 0.717) is 27.0 Å². The van der Waals surface area contributed by atoms with E-state index in [1.54, 1.807) is 24.3 Å². The van der Waals surface area contributed by atoms with Crippen molar-refractivity contribution >= 4 is 34.6 Å². The average Bonchev–Trinajstić information content (AvgIpc) is 2.36. The van der Waals surface area contributed by atoms with Crippen LogP contribution in [0.2, 0.25) is 10.0 Å². The van der Waals surface area contributed by atoms with E-state index >= 15 is 0 Å². The zero-order chi connectivity index (χ0) is 13.1. The molecule has 18 heavy (non-hydrogen) atoms. The molecule has 92 valence electrons. The van der Waals surface area contributed by atoms with Crippen LogP contribution in [0.5, 0.6) is 0 Å². The zero-order valence-corrected chi connectivity index (χ0v) is 10.9. The molecule has 5 heteroatoms. The van der Waals surface area contributed by atoms with Gasteiger partial charge in [-0.2, -0.15) is 5.10 Å². The van der Waals surface area contributed by atoms with Crippen molar-refractivity contribution in [2.75, 3.05) is 5.73 Å². The van der Waals surface area contributed by atoms with E-state index in [1.165, 1.54) is 0 Å². The summed E-state index contributed by atoms with van der Waals surface area (Å²) in [6.45, 7) is 0. The summed E-state index contributed by atoms with van der Waals surface area (Å²) in [6, 6.07) is 12.4. The number of anilines is 1. The first-order chi connectivity index (χ1) is 8.63. The normalized spacial score (nSPS) is 11.6. The maximum absolute atomic E-state index is 6.13. The van der Waals surface area contributed by atoms with Crippen molar-refractivity contribution < 1.29 is 0 Å². The predicted octanol–water partition coefficient (Wildman–Crippen LogP) is 3.29. The van der Waals surface area contributed by atoms with Gasteiger partial charge in [-0.1, -0.05) is 41.4 Å². The van der Waals surface area contributed by atoms with E-state index in [-0.39, 0.29) is 0 Å². The molecule has 0 heterocycles. The second kappa shape index (κ2) is 5.29. The molecule has 0 fully saturated rings. The fraction of sp³-hybridized carbons (Fsp3) is 0. The van der Waals surface area contributed by atoms with Crippen molar-refractivity contribution in [1.29, 1.82) is 0 Å². The van der Waals surface area contributed by atoms with Crippen LogP contribution in [-0.2, 0) is 0 Å². The monoisotopic (exact) mass is 279 g/mol. The van der Waals surface area contributed by atoms with Crippen molar-refractivity contribution in [1.82, 2.24) is 0 Å².